The van der Waals surface area contributed by atoms with Crippen molar-refractivity contribution in [3.05, 3.63) is 31.6 Å². The molecule has 3 amide bonds. The number of aromatic carboxylic acids is 2. The third-order valence-corrected chi connectivity index (χ3v) is 16.8. The van der Waals surface area contributed by atoms with Gasteiger partial charge in [-0.05, 0) is 203 Å². The van der Waals surface area contributed by atoms with Crippen LogP contribution in [0.5, 0.6) is 0 Å². The Labute approximate surface area is 478 Å². The molecule has 6 rings (SSSR count). The molecular formula is C61H90N4O12S2. The lowest BCUT2D eigenvalue weighted by Gasteiger charge is -2.39. The highest BCUT2D eigenvalue weighted by Crippen LogP contribution is 2.41. The van der Waals surface area contributed by atoms with Gasteiger partial charge >= 0.3 is 30.0 Å². The molecule has 2 aromatic rings. The molecule has 4 aliphatic carbocycles. The smallest absolute Gasteiger partial charge is 0.408 e. The molecule has 79 heavy (non-hydrogen) atoms. The van der Waals surface area contributed by atoms with Gasteiger partial charge in [0.25, 0.3) is 0 Å². The van der Waals surface area contributed by atoms with Crippen molar-refractivity contribution >= 4 is 75.8 Å². The zero-order chi connectivity index (χ0) is 58.7. The van der Waals surface area contributed by atoms with Crippen molar-refractivity contribution in [2.24, 2.45) is 40.2 Å². The van der Waals surface area contributed by atoms with Gasteiger partial charge in [0.15, 0.2) is 0 Å². The summed E-state index contributed by atoms with van der Waals surface area (Å²) in [5, 5.41) is 22.7. The number of carbonyl (C=O) groups excluding carboxylic acids is 5. The summed E-state index contributed by atoms with van der Waals surface area (Å²) in [5.41, 5.74) is 5.34. The molecule has 0 aliphatic heterocycles. The van der Waals surface area contributed by atoms with E-state index in [9.17, 15) is 43.8 Å². The minimum atomic E-state index is -1.08. The van der Waals surface area contributed by atoms with E-state index in [0.717, 1.165) is 74.0 Å². The van der Waals surface area contributed by atoms with Gasteiger partial charge in [-0.25, -0.2) is 19.2 Å². The fraction of sp³-hybridized carbons (Fsp3) is 0.689. The van der Waals surface area contributed by atoms with Gasteiger partial charge in [0, 0.05) is 36.2 Å². The number of alkyl carbamates (subject to hydrolysis) is 1. The molecule has 0 spiro atoms. The van der Waals surface area contributed by atoms with Gasteiger partial charge in [-0.1, -0.05) is 37.5 Å². The van der Waals surface area contributed by atoms with Crippen LogP contribution < -0.4 is 20.9 Å². The lowest BCUT2D eigenvalue weighted by atomic mass is 9.81. The Hall–Kier alpha value is -5.43. The summed E-state index contributed by atoms with van der Waals surface area (Å²) in [5.74, 6) is 10.4. The molecule has 18 heteroatoms. The monoisotopic (exact) mass is 1130 g/mol. The Balaban J connectivity index is 0.000000345. The Morgan fingerprint density at radius 2 is 0.949 bits per heavy atom. The zero-order valence-electron chi connectivity index (χ0n) is 49.0. The molecule has 16 nitrogen and oxygen atoms in total. The predicted octanol–water partition coefficient (Wildman–Crippen LogP) is 12.2. The first-order valence-electron chi connectivity index (χ1n) is 28.4. The molecule has 0 radical (unpaired) electrons. The van der Waals surface area contributed by atoms with Crippen molar-refractivity contribution in [2.75, 3.05) is 9.80 Å². The minimum absolute atomic E-state index is 0. The van der Waals surface area contributed by atoms with Gasteiger partial charge in [0.2, 0.25) is 11.8 Å². The highest BCUT2D eigenvalue weighted by Gasteiger charge is 2.41. The normalized spacial score (nSPS) is 24.2. The Bertz CT molecular complexity index is 2610. The van der Waals surface area contributed by atoms with Crippen molar-refractivity contribution in [1.29, 1.82) is 0 Å². The maximum atomic E-state index is 14.1. The SMILES string of the molecule is CC1CCC(C(=O)N(c2cc(C#CC(C)(C)C)sc2C(=O)O)C2CCC(OC(=O)[C@@H](C)N)CC2)CC1.CC1CCC(C(=O)N(c2cc(C#CC(C)(C)C)sc2C(=O)O)C2CCC(OC(=O)[C@@H](C)NC(=O)OC(C)(C)C)CC2)CC1.[HH]. The number of carboxylic acid groups (broad SMARTS) is 2. The third-order valence-electron chi connectivity index (χ3n) is 14.7. The molecule has 0 bridgehead atoms. The Morgan fingerprint density at radius 3 is 1.27 bits per heavy atom. The number of ether oxygens (including phenoxy) is 3. The number of anilines is 2. The first-order chi connectivity index (χ1) is 36.8. The number of esters is 2. The third kappa shape index (κ3) is 19.7. The van der Waals surface area contributed by atoms with E-state index in [2.05, 4.69) is 42.8 Å². The van der Waals surface area contributed by atoms with Gasteiger partial charge in [0.05, 0.1) is 21.1 Å². The van der Waals surface area contributed by atoms with E-state index in [1.807, 2.05) is 41.5 Å². The van der Waals surface area contributed by atoms with Crippen LogP contribution in [0.15, 0.2) is 12.1 Å². The van der Waals surface area contributed by atoms with Crippen molar-refractivity contribution in [3.63, 3.8) is 0 Å². The molecule has 4 aliphatic rings. The quantitative estimate of drug-likeness (QED) is 0.0831. The Kier molecular flexibility index (Phi) is 22.7. The van der Waals surface area contributed by atoms with E-state index >= 15 is 0 Å². The zero-order valence-corrected chi connectivity index (χ0v) is 50.6. The molecule has 2 atom stereocenters. The van der Waals surface area contributed by atoms with Crippen LogP contribution in [0.25, 0.3) is 0 Å². The van der Waals surface area contributed by atoms with Crippen molar-refractivity contribution in [1.82, 2.24) is 5.32 Å². The number of carbonyl (C=O) groups is 7. The molecule has 4 saturated carbocycles. The molecule has 0 saturated heterocycles. The Morgan fingerprint density at radius 1 is 0.595 bits per heavy atom. The fourth-order valence-corrected chi connectivity index (χ4v) is 12.1. The lowest BCUT2D eigenvalue weighted by molar-refractivity contribution is -0.153. The number of nitrogens with two attached hydrogens (primary N) is 1. The van der Waals surface area contributed by atoms with Crippen LogP contribution >= 0.6 is 22.7 Å². The van der Waals surface area contributed by atoms with Gasteiger partial charge in [-0.2, -0.15) is 0 Å². The van der Waals surface area contributed by atoms with E-state index in [4.69, 9.17) is 19.9 Å². The number of hydrogen-bond donors (Lipinski definition) is 4. The summed E-state index contributed by atoms with van der Waals surface area (Å²) in [4.78, 5) is 94.5. The van der Waals surface area contributed by atoms with Crippen LogP contribution in [-0.4, -0.2) is 94.0 Å². The van der Waals surface area contributed by atoms with Crippen molar-refractivity contribution in [2.45, 2.75) is 235 Å². The number of thiophene rings is 2. The number of rotatable bonds is 13. The molecule has 2 aromatic heterocycles. The minimum Gasteiger partial charge on any atom is -0.477 e. The van der Waals surface area contributed by atoms with Gasteiger partial charge in [0.1, 0.15) is 39.6 Å². The topological polar surface area (TPSA) is 232 Å². The summed E-state index contributed by atoms with van der Waals surface area (Å²) < 4.78 is 16.5. The number of amides is 3. The van der Waals surface area contributed by atoms with Crippen LogP contribution in [0.3, 0.4) is 0 Å². The average Bonchev–Trinajstić information content (AvgIpc) is 4.01. The number of hydrogen-bond acceptors (Lipinski definition) is 13. The second-order valence-electron chi connectivity index (χ2n) is 25.5. The summed E-state index contributed by atoms with van der Waals surface area (Å²) in [6.07, 6.45) is 10.5. The lowest BCUT2D eigenvalue weighted by Crippen LogP contribution is -2.48. The number of nitrogens with zero attached hydrogens (tertiary/aromatic N) is 2. The van der Waals surface area contributed by atoms with Crippen LogP contribution in [-0.2, 0) is 33.4 Å². The van der Waals surface area contributed by atoms with E-state index in [0.29, 0.717) is 84.3 Å². The predicted molar refractivity (Wildman–Crippen MR) is 311 cm³/mol. The van der Waals surface area contributed by atoms with Gasteiger partial charge in [-0.15, -0.1) is 22.7 Å². The largest absolute Gasteiger partial charge is 0.477 e. The highest BCUT2D eigenvalue weighted by atomic mass is 32.1. The van der Waals surface area contributed by atoms with Gasteiger partial charge < -0.3 is 45.3 Å². The molecule has 5 N–H and O–H groups in total. The molecule has 2 heterocycles. The molecule has 0 aromatic carbocycles. The summed E-state index contributed by atoms with van der Waals surface area (Å²) in [6, 6.07) is 1.60. The molecule has 438 valence electrons. The van der Waals surface area contributed by atoms with Crippen LogP contribution in [0, 0.1) is 58.2 Å². The maximum absolute atomic E-state index is 14.1. The van der Waals surface area contributed by atoms with Crippen LogP contribution in [0.4, 0.5) is 16.2 Å². The van der Waals surface area contributed by atoms with Crippen LogP contribution in [0.2, 0.25) is 0 Å². The number of nitrogens with one attached hydrogen (secondary N) is 1. The number of carboxylic acids is 2. The van der Waals surface area contributed by atoms with E-state index in [1.54, 1.807) is 56.6 Å². The maximum Gasteiger partial charge on any atom is 0.408 e. The summed E-state index contributed by atoms with van der Waals surface area (Å²) in [7, 11) is 0. The second-order valence-corrected chi connectivity index (χ2v) is 27.6. The van der Waals surface area contributed by atoms with E-state index < -0.39 is 47.7 Å². The molecule has 4 fully saturated rings. The molecule has 0 unspecified atom stereocenters. The standard InChI is InChI=1S/C33H48N2O7S.C28H40N2O5S.H2/c1-20-9-11-22(12-10-20)28(36)35(26-19-25(17-18-32(3,4)5)43-27(26)29(37)38)23-13-15-24(16-14-23)41-30(39)21(2)34-31(40)42-33(6,7)8;1-17-6-8-19(9-7-17)25(31)30(20-10-12-21(13-11-20)35-27(34)18(2)29)23-16-22(14-15-28(3,4)5)36-24(23)26(32)33;/h19-24H,9-16H2,1-8H3,(H,34,40)(H,37,38);16-21H,6-13,29H2,1-5H3,(H,32,33);1H/t20?,21-,22?,23?,24?;17?,18-,19?,20?,21?;/m11./s1. The summed E-state index contributed by atoms with van der Waals surface area (Å²) in [6.45, 7) is 24.8. The average molecular weight is 1140 g/mol. The molecular weight excluding hydrogens is 1040 g/mol. The van der Waals surface area contributed by atoms with Gasteiger partial charge in [-0.3, -0.25) is 14.4 Å². The van der Waals surface area contributed by atoms with E-state index in [1.165, 1.54) is 0 Å². The van der Waals surface area contributed by atoms with Crippen molar-refractivity contribution < 1.29 is 59.4 Å². The fourth-order valence-electron chi connectivity index (χ4n) is 10.4. The van der Waals surface area contributed by atoms with Crippen LogP contribution in [0.1, 0.15) is 223 Å². The summed E-state index contributed by atoms with van der Waals surface area (Å²) >= 11 is 2.23. The van der Waals surface area contributed by atoms with Crippen molar-refractivity contribution in [3.8, 4) is 23.7 Å². The second kappa shape index (κ2) is 27.8. The first kappa shape index (κ1) is 64.4. The first-order valence-corrected chi connectivity index (χ1v) is 30.0. The van der Waals surface area contributed by atoms with E-state index in [-0.39, 0.29) is 70.0 Å². The highest BCUT2D eigenvalue weighted by molar-refractivity contribution is 7.15.